The molecule has 0 saturated carbocycles. The summed E-state index contributed by atoms with van der Waals surface area (Å²) >= 11 is 3.51. The van der Waals surface area contributed by atoms with E-state index in [1.165, 1.54) is 11.1 Å². The van der Waals surface area contributed by atoms with Gasteiger partial charge < -0.3 is 9.88 Å². The molecule has 2 rings (SSSR count). The molecule has 0 amide bonds. The molecule has 5 heteroatoms. The molecule has 0 radical (unpaired) electrons. The van der Waals surface area contributed by atoms with Crippen molar-refractivity contribution < 1.29 is 0 Å². The molecule has 0 fully saturated rings. The van der Waals surface area contributed by atoms with E-state index >= 15 is 0 Å². The van der Waals surface area contributed by atoms with Gasteiger partial charge in [-0.1, -0.05) is 28.1 Å². The van der Waals surface area contributed by atoms with Crippen LogP contribution in [0.15, 0.2) is 29.0 Å². The zero-order chi connectivity index (χ0) is 13.0. The predicted octanol–water partition coefficient (Wildman–Crippen LogP) is 2.22. The van der Waals surface area contributed by atoms with Crippen molar-refractivity contribution in [2.45, 2.75) is 19.9 Å². The molecular weight excluding hydrogens is 292 g/mol. The number of nitrogens with zero attached hydrogens (tertiary/aromatic N) is 3. The molecule has 0 spiro atoms. The summed E-state index contributed by atoms with van der Waals surface area (Å²) < 4.78 is 3.11. The van der Waals surface area contributed by atoms with Crippen molar-refractivity contribution in [3.8, 4) is 0 Å². The van der Waals surface area contributed by atoms with E-state index in [1.54, 1.807) is 6.33 Å². The van der Waals surface area contributed by atoms with Gasteiger partial charge in [0.05, 0.1) is 0 Å². The summed E-state index contributed by atoms with van der Waals surface area (Å²) in [6.45, 7) is 3.89. The Morgan fingerprint density at radius 1 is 1.39 bits per heavy atom. The Bertz CT molecular complexity index is 521. The van der Waals surface area contributed by atoms with Gasteiger partial charge in [0.2, 0.25) is 0 Å². The average molecular weight is 309 g/mol. The normalized spacial score (nSPS) is 10.8. The van der Waals surface area contributed by atoms with Crippen LogP contribution in [0.4, 0.5) is 0 Å². The van der Waals surface area contributed by atoms with E-state index in [0.29, 0.717) is 0 Å². The highest BCUT2D eigenvalue weighted by atomic mass is 79.9. The minimum Gasteiger partial charge on any atom is -0.321 e. The molecule has 0 unspecified atom stereocenters. The molecule has 4 nitrogen and oxygen atoms in total. The summed E-state index contributed by atoms with van der Waals surface area (Å²) in [6.07, 6.45) is 2.62. The molecule has 1 aromatic heterocycles. The first-order valence-corrected chi connectivity index (χ1v) is 6.75. The van der Waals surface area contributed by atoms with Crippen LogP contribution in [-0.4, -0.2) is 21.3 Å². The Balaban J connectivity index is 1.78. The van der Waals surface area contributed by atoms with Crippen LogP contribution in [0.5, 0.6) is 0 Å². The van der Waals surface area contributed by atoms with Gasteiger partial charge in [-0.05, 0) is 24.1 Å². The second kappa shape index (κ2) is 6.11. The van der Waals surface area contributed by atoms with E-state index < -0.39 is 0 Å². The molecule has 0 aliphatic heterocycles. The van der Waals surface area contributed by atoms with Gasteiger partial charge in [0.15, 0.2) is 0 Å². The summed E-state index contributed by atoms with van der Waals surface area (Å²) in [7, 11) is 1.97. The lowest BCUT2D eigenvalue weighted by Crippen LogP contribution is -2.18. The number of benzene rings is 1. The Morgan fingerprint density at radius 3 is 2.89 bits per heavy atom. The highest BCUT2D eigenvalue weighted by molar-refractivity contribution is 9.10. The van der Waals surface area contributed by atoms with E-state index in [0.717, 1.165) is 29.8 Å². The maximum atomic E-state index is 4.05. The zero-order valence-corrected chi connectivity index (χ0v) is 12.2. The number of nitrogens with one attached hydrogen (secondary N) is 1. The molecule has 2 aromatic rings. The van der Waals surface area contributed by atoms with Gasteiger partial charge in [0.25, 0.3) is 0 Å². The van der Waals surface area contributed by atoms with Gasteiger partial charge in [-0.15, -0.1) is 10.2 Å². The van der Waals surface area contributed by atoms with Crippen molar-refractivity contribution in [1.29, 1.82) is 0 Å². The summed E-state index contributed by atoms with van der Waals surface area (Å²) in [5.74, 6) is 1.01. The Hall–Kier alpha value is -1.20. The number of hydrogen-bond donors (Lipinski definition) is 1. The fourth-order valence-corrected chi connectivity index (χ4v) is 2.03. The first-order valence-electron chi connectivity index (χ1n) is 5.95. The molecule has 96 valence electrons. The number of halogens is 1. The fraction of sp³-hybridized carbons (Fsp3) is 0.385. The van der Waals surface area contributed by atoms with Crippen LogP contribution in [0.1, 0.15) is 17.0 Å². The van der Waals surface area contributed by atoms with Crippen molar-refractivity contribution in [2.24, 2.45) is 7.05 Å². The van der Waals surface area contributed by atoms with Crippen molar-refractivity contribution >= 4 is 15.9 Å². The molecule has 0 aliphatic carbocycles. The van der Waals surface area contributed by atoms with Crippen LogP contribution >= 0.6 is 15.9 Å². The smallest absolute Gasteiger partial charge is 0.133 e. The molecular formula is C13H17BrN4. The Morgan fingerprint density at radius 2 is 2.22 bits per heavy atom. The second-order valence-corrected chi connectivity index (χ2v) is 5.22. The molecule has 0 aliphatic rings. The maximum Gasteiger partial charge on any atom is 0.133 e. The van der Waals surface area contributed by atoms with Gasteiger partial charge >= 0.3 is 0 Å². The van der Waals surface area contributed by atoms with Crippen molar-refractivity contribution in [2.75, 3.05) is 6.54 Å². The molecule has 0 saturated heterocycles. The van der Waals surface area contributed by atoms with Gasteiger partial charge in [-0.3, -0.25) is 0 Å². The van der Waals surface area contributed by atoms with Gasteiger partial charge in [0, 0.05) is 31.0 Å². The lowest BCUT2D eigenvalue weighted by molar-refractivity contribution is 0.653. The van der Waals surface area contributed by atoms with E-state index in [1.807, 2.05) is 11.6 Å². The van der Waals surface area contributed by atoms with E-state index in [9.17, 15) is 0 Å². The first-order chi connectivity index (χ1) is 8.66. The summed E-state index contributed by atoms with van der Waals surface area (Å²) in [5, 5.41) is 11.3. The number of aryl methyl sites for hydroxylation is 2. The van der Waals surface area contributed by atoms with Crippen molar-refractivity contribution in [3.63, 3.8) is 0 Å². The lowest BCUT2D eigenvalue weighted by Gasteiger charge is -2.06. The minimum absolute atomic E-state index is 0.881. The van der Waals surface area contributed by atoms with Gasteiger partial charge in [-0.25, -0.2) is 0 Å². The Labute approximate surface area is 116 Å². The third kappa shape index (κ3) is 3.40. The van der Waals surface area contributed by atoms with Crippen LogP contribution in [0, 0.1) is 6.92 Å². The monoisotopic (exact) mass is 308 g/mol. The van der Waals surface area contributed by atoms with Crippen LogP contribution in [0.3, 0.4) is 0 Å². The quantitative estimate of drug-likeness (QED) is 0.861. The summed E-state index contributed by atoms with van der Waals surface area (Å²) in [6, 6.07) is 6.42. The fourth-order valence-electron chi connectivity index (χ4n) is 1.78. The molecule has 1 aromatic carbocycles. The van der Waals surface area contributed by atoms with E-state index in [4.69, 9.17) is 0 Å². The minimum atomic E-state index is 0.881. The van der Waals surface area contributed by atoms with E-state index in [-0.39, 0.29) is 0 Å². The Kier molecular flexibility index (Phi) is 4.49. The van der Waals surface area contributed by atoms with Crippen LogP contribution in [0.2, 0.25) is 0 Å². The molecule has 1 N–H and O–H groups in total. The van der Waals surface area contributed by atoms with Crippen LogP contribution in [-0.2, 0) is 20.0 Å². The first kappa shape index (κ1) is 13.2. The third-order valence-corrected chi connectivity index (χ3v) is 3.77. The summed E-state index contributed by atoms with van der Waals surface area (Å²) in [5.41, 5.74) is 2.57. The average Bonchev–Trinajstić information content (AvgIpc) is 2.75. The number of hydrogen-bond acceptors (Lipinski definition) is 3. The lowest BCUT2D eigenvalue weighted by atomic mass is 10.1. The van der Waals surface area contributed by atoms with Crippen LogP contribution in [0.25, 0.3) is 0 Å². The van der Waals surface area contributed by atoms with Gasteiger partial charge in [0.1, 0.15) is 12.2 Å². The molecule has 18 heavy (non-hydrogen) atoms. The zero-order valence-electron chi connectivity index (χ0n) is 10.7. The van der Waals surface area contributed by atoms with Crippen molar-refractivity contribution in [1.82, 2.24) is 20.1 Å². The highest BCUT2D eigenvalue weighted by Gasteiger charge is 2.00. The summed E-state index contributed by atoms with van der Waals surface area (Å²) in [4.78, 5) is 0. The second-order valence-electron chi connectivity index (χ2n) is 4.37. The largest absolute Gasteiger partial charge is 0.321 e. The number of aromatic nitrogens is 3. The molecule has 1 heterocycles. The third-order valence-electron chi connectivity index (χ3n) is 2.88. The van der Waals surface area contributed by atoms with E-state index in [2.05, 4.69) is 56.6 Å². The SMILES string of the molecule is Cc1cc(CNCCc2nncn2C)ccc1Br. The topological polar surface area (TPSA) is 42.7 Å². The molecule has 0 atom stereocenters. The number of rotatable bonds is 5. The van der Waals surface area contributed by atoms with Gasteiger partial charge in [-0.2, -0.15) is 0 Å². The van der Waals surface area contributed by atoms with Crippen molar-refractivity contribution in [3.05, 3.63) is 46.0 Å². The van der Waals surface area contributed by atoms with Crippen LogP contribution < -0.4 is 5.32 Å². The standard InChI is InChI=1S/C13H17BrN4/c1-10-7-11(3-4-12(10)14)8-15-6-5-13-17-16-9-18(13)2/h3-4,7,9,15H,5-6,8H2,1-2H3. The predicted molar refractivity (Wildman–Crippen MR) is 75.3 cm³/mol. The molecule has 0 bridgehead atoms. The highest BCUT2D eigenvalue weighted by Crippen LogP contribution is 2.16. The maximum absolute atomic E-state index is 4.05.